The molecule has 0 aliphatic heterocycles. The molecule has 0 fully saturated rings. The first kappa shape index (κ1) is 20.1. The molecule has 21 heavy (non-hydrogen) atoms. The highest BCUT2D eigenvalue weighted by molar-refractivity contribution is 7.99. The van der Waals surface area contributed by atoms with Crippen molar-refractivity contribution >= 4 is 30.1 Å². The Hall–Kier alpha value is -0.850. The van der Waals surface area contributed by atoms with Crippen LogP contribution < -0.4 is 11.1 Å². The second-order valence-corrected chi connectivity index (χ2v) is 5.90. The number of hydrogen-bond acceptors (Lipinski definition) is 5. The lowest BCUT2D eigenvalue weighted by molar-refractivity contribution is -0.120. The van der Waals surface area contributed by atoms with Crippen LogP contribution in [0.2, 0.25) is 0 Å². The normalized spacial score (nSPS) is 10.9. The molecular weight excluding hydrogens is 308 g/mol. The molecule has 0 bridgehead atoms. The van der Waals surface area contributed by atoms with E-state index in [0.29, 0.717) is 17.5 Å². The van der Waals surface area contributed by atoms with Crippen LogP contribution in [0.25, 0.3) is 0 Å². The molecule has 1 aromatic heterocycles. The summed E-state index contributed by atoms with van der Waals surface area (Å²) in [6.07, 6.45) is 1.66. The molecule has 0 unspecified atom stereocenters. The van der Waals surface area contributed by atoms with Gasteiger partial charge in [0.25, 0.3) is 0 Å². The van der Waals surface area contributed by atoms with Crippen LogP contribution in [0.1, 0.15) is 38.1 Å². The molecular formula is C14H25ClN4OS. The molecule has 0 atom stereocenters. The number of nitrogens with two attached hydrogens (primary N) is 1. The standard InChI is InChI=1S/C14H24N4OS.ClH/c1-5-14(6-2,9-15)18-12(19)8-20-13-16-10(3)7-11(4)17-13;/h7H,5-6,8-9,15H2,1-4H3,(H,18,19);1H. The van der Waals surface area contributed by atoms with Crippen LogP contribution in [-0.4, -0.2) is 33.7 Å². The molecule has 1 heterocycles. The number of thioether (sulfide) groups is 1. The zero-order valence-corrected chi connectivity index (χ0v) is 14.7. The van der Waals surface area contributed by atoms with Gasteiger partial charge in [-0.3, -0.25) is 4.79 Å². The number of aromatic nitrogens is 2. The average Bonchev–Trinajstić information content (AvgIpc) is 2.42. The number of amides is 1. The topological polar surface area (TPSA) is 80.9 Å². The largest absolute Gasteiger partial charge is 0.349 e. The fourth-order valence-corrected chi connectivity index (χ4v) is 2.74. The van der Waals surface area contributed by atoms with Crippen molar-refractivity contribution < 1.29 is 4.79 Å². The third-order valence-corrected chi connectivity index (χ3v) is 4.29. The molecule has 0 saturated carbocycles. The Balaban J connectivity index is 0.00000400. The summed E-state index contributed by atoms with van der Waals surface area (Å²) in [6.45, 7) is 8.38. The summed E-state index contributed by atoms with van der Waals surface area (Å²) < 4.78 is 0. The van der Waals surface area contributed by atoms with E-state index in [2.05, 4.69) is 15.3 Å². The molecule has 0 aromatic carbocycles. The maximum atomic E-state index is 12.0. The minimum absolute atomic E-state index is 0. The lowest BCUT2D eigenvalue weighted by atomic mass is 9.93. The zero-order valence-electron chi connectivity index (χ0n) is 13.1. The van der Waals surface area contributed by atoms with Gasteiger partial charge >= 0.3 is 0 Å². The molecule has 0 aliphatic rings. The first-order valence-corrected chi connectivity index (χ1v) is 7.89. The Kier molecular flexibility index (Phi) is 8.85. The summed E-state index contributed by atoms with van der Waals surface area (Å²) >= 11 is 1.35. The van der Waals surface area contributed by atoms with E-state index in [-0.39, 0.29) is 23.9 Å². The van der Waals surface area contributed by atoms with Gasteiger partial charge in [-0.15, -0.1) is 12.4 Å². The van der Waals surface area contributed by atoms with Crippen LogP contribution in [0.15, 0.2) is 11.2 Å². The number of hydrogen-bond donors (Lipinski definition) is 2. The highest BCUT2D eigenvalue weighted by atomic mass is 35.5. The minimum atomic E-state index is -0.291. The van der Waals surface area contributed by atoms with Gasteiger partial charge in [0.2, 0.25) is 5.91 Å². The number of halogens is 1. The highest BCUT2D eigenvalue weighted by Crippen LogP contribution is 2.16. The number of carbonyl (C=O) groups excluding carboxylic acids is 1. The smallest absolute Gasteiger partial charge is 0.230 e. The Morgan fingerprint density at radius 3 is 2.24 bits per heavy atom. The maximum Gasteiger partial charge on any atom is 0.230 e. The minimum Gasteiger partial charge on any atom is -0.349 e. The van der Waals surface area contributed by atoms with Crippen LogP contribution in [-0.2, 0) is 4.79 Å². The van der Waals surface area contributed by atoms with E-state index in [1.54, 1.807) is 0 Å². The maximum absolute atomic E-state index is 12.0. The second kappa shape index (κ2) is 9.23. The quantitative estimate of drug-likeness (QED) is 0.591. The lowest BCUT2D eigenvalue weighted by Gasteiger charge is -2.31. The van der Waals surface area contributed by atoms with Crippen molar-refractivity contribution in [2.45, 2.75) is 51.2 Å². The third-order valence-electron chi connectivity index (χ3n) is 3.44. The molecule has 0 radical (unpaired) electrons. The summed E-state index contributed by atoms with van der Waals surface area (Å²) in [5, 5.41) is 3.68. The van der Waals surface area contributed by atoms with E-state index in [4.69, 9.17) is 5.73 Å². The van der Waals surface area contributed by atoms with Crippen molar-refractivity contribution in [1.29, 1.82) is 0 Å². The van der Waals surface area contributed by atoms with Gasteiger partial charge in [-0.2, -0.15) is 0 Å². The molecule has 1 aromatic rings. The molecule has 1 amide bonds. The summed E-state index contributed by atoms with van der Waals surface area (Å²) in [5.74, 6) is 0.289. The number of aryl methyl sites for hydroxylation is 2. The summed E-state index contributed by atoms with van der Waals surface area (Å²) in [4.78, 5) is 20.7. The Labute approximate surface area is 137 Å². The highest BCUT2D eigenvalue weighted by Gasteiger charge is 2.26. The van der Waals surface area contributed by atoms with Crippen molar-refractivity contribution in [2.75, 3.05) is 12.3 Å². The molecule has 5 nitrogen and oxygen atoms in total. The third kappa shape index (κ3) is 6.20. The Bertz CT molecular complexity index is 438. The van der Waals surface area contributed by atoms with E-state index < -0.39 is 0 Å². The van der Waals surface area contributed by atoms with E-state index in [1.165, 1.54) is 11.8 Å². The summed E-state index contributed by atoms with van der Waals surface area (Å²) in [7, 11) is 0. The monoisotopic (exact) mass is 332 g/mol. The fourth-order valence-electron chi connectivity index (χ4n) is 1.99. The van der Waals surface area contributed by atoms with E-state index in [0.717, 1.165) is 24.2 Å². The predicted octanol–water partition coefficient (Wildman–Crippen LogP) is 2.24. The first-order chi connectivity index (χ1) is 9.44. The molecule has 0 saturated heterocycles. The molecule has 7 heteroatoms. The number of carbonyl (C=O) groups is 1. The van der Waals surface area contributed by atoms with Crippen molar-refractivity contribution in [3.63, 3.8) is 0 Å². The van der Waals surface area contributed by atoms with Gasteiger partial charge in [0.1, 0.15) is 0 Å². The van der Waals surface area contributed by atoms with Crippen molar-refractivity contribution in [3.8, 4) is 0 Å². The van der Waals surface area contributed by atoms with Crippen LogP contribution in [0, 0.1) is 13.8 Å². The Morgan fingerprint density at radius 1 is 1.29 bits per heavy atom. The van der Waals surface area contributed by atoms with E-state index in [9.17, 15) is 4.79 Å². The van der Waals surface area contributed by atoms with Crippen LogP contribution >= 0.6 is 24.2 Å². The van der Waals surface area contributed by atoms with Gasteiger partial charge in [0.05, 0.1) is 11.3 Å². The zero-order chi connectivity index (χ0) is 15.2. The van der Waals surface area contributed by atoms with Crippen LogP contribution in [0.3, 0.4) is 0 Å². The SMILES string of the molecule is CCC(CC)(CN)NC(=O)CSc1nc(C)cc(C)n1.Cl. The van der Waals surface area contributed by atoms with Crippen molar-refractivity contribution in [3.05, 3.63) is 17.5 Å². The number of nitrogens with one attached hydrogen (secondary N) is 1. The number of rotatable bonds is 7. The van der Waals surface area contributed by atoms with Gasteiger partial charge in [0, 0.05) is 17.9 Å². The van der Waals surface area contributed by atoms with Crippen LogP contribution in [0.5, 0.6) is 0 Å². The molecule has 1 rings (SSSR count). The van der Waals surface area contributed by atoms with Gasteiger partial charge in [-0.1, -0.05) is 25.6 Å². The van der Waals surface area contributed by atoms with Gasteiger partial charge in [-0.05, 0) is 32.8 Å². The summed E-state index contributed by atoms with van der Waals surface area (Å²) in [5.41, 5.74) is 7.32. The fraction of sp³-hybridized carbons (Fsp3) is 0.643. The molecule has 0 spiro atoms. The van der Waals surface area contributed by atoms with Gasteiger partial charge in [0.15, 0.2) is 5.16 Å². The predicted molar refractivity (Wildman–Crippen MR) is 90.0 cm³/mol. The van der Waals surface area contributed by atoms with Crippen molar-refractivity contribution in [1.82, 2.24) is 15.3 Å². The lowest BCUT2D eigenvalue weighted by Crippen LogP contribution is -2.53. The van der Waals surface area contributed by atoms with E-state index >= 15 is 0 Å². The van der Waals surface area contributed by atoms with Gasteiger partial charge < -0.3 is 11.1 Å². The number of nitrogens with zero attached hydrogens (tertiary/aromatic N) is 2. The average molecular weight is 333 g/mol. The second-order valence-electron chi connectivity index (χ2n) is 4.96. The summed E-state index contributed by atoms with van der Waals surface area (Å²) in [6, 6.07) is 1.91. The Morgan fingerprint density at radius 2 is 1.81 bits per heavy atom. The molecule has 3 N–H and O–H groups in total. The van der Waals surface area contributed by atoms with E-state index in [1.807, 2.05) is 33.8 Å². The van der Waals surface area contributed by atoms with Crippen LogP contribution in [0.4, 0.5) is 0 Å². The molecule has 120 valence electrons. The van der Waals surface area contributed by atoms with Gasteiger partial charge in [-0.25, -0.2) is 9.97 Å². The first-order valence-electron chi connectivity index (χ1n) is 6.91. The molecule has 0 aliphatic carbocycles. The van der Waals surface area contributed by atoms with Crippen molar-refractivity contribution in [2.24, 2.45) is 5.73 Å².